The van der Waals surface area contributed by atoms with E-state index in [1.807, 2.05) is 0 Å². The third kappa shape index (κ3) is 4.04. The molecule has 2 N–H and O–H groups in total. The Morgan fingerprint density at radius 2 is 2.00 bits per heavy atom. The Bertz CT molecular complexity index is 806. The number of urea groups is 1. The van der Waals surface area contributed by atoms with Gasteiger partial charge in [0.05, 0.1) is 6.54 Å². The maximum atomic E-state index is 11.8. The van der Waals surface area contributed by atoms with Gasteiger partial charge in [0.15, 0.2) is 0 Å². The maximum absolute atomic E-state index is 11.8. The first-order valence-corrected chi connectivity index (χ1v) is 7.12. The summed E-state index contributed by atoms with van der Waals surface area (Å²) in [6.45, 7) is 0.116. The summed E-state index contributed by atoms with van der Waals surface area (Å²) in [4.78, 5) is 15.7. The lowest BCUT2D eigenvalue weighted by Gasteiger charge is -2.05. The molecule has 0 spiro atoms. The first kappa shape index (κ1) is 15.0. The Balaban J connectivity index is 1.56. The molecule has 8 heteroatoms. The molecule has 2 heterocycles. The lowest BCUT2D eigenvalue weighted by molar-refractivity contribution is 0.250. The van der Waals surface area contributed by atoms with Crippen molar-refractivity contribution in [3.63, 3.8) is 0 Å². The number of halogens is 1. The SMILES string of the molecule is O=C(NCc1nnc(-c2ccncc2)o1)Nc1cccc(Cl)c1. The molecule has 3 rings (SSSR count). The van der Waals surface area contributed by atoms with Gasteiger partial charge in [-0.3, -0.25) is 4.98 Å². The van der Waals surface area contributed by atoms with Crippen LogP contribution in [0.3, 0.4) is 0 Å². The summed E-state index contributed by atoms with van der Waals surface area (Å²) in [7, 11) is 0. The molecule has 0 radical (unpaired) electrons. The van der Waals surface area contributed by atoms with E-state index in [0.29, 0.717) is 22.5 Å². The molecule has 0 saturated carbocycles. The molecular weight excluding hydrogens is 318 g/mol. The second kappa shape index (κ2) is 6.89. The van der Waals surface area contributed by atoms with Gasteiger partial charge < -0.3 is 15.1 Å². The fourth-order valence-electron chi connectivity index (χ4n) is 1.83. The minimum absolute atomic E-state index is 0.116. The molecule has 0 aliphatic rings. The summed E-state index contributed by atoms with van der Waals surface area (Å²) in [6, 6.07) is 9.99. The summed E-state index contributed by atoms with van der Waals surface area (Å²) in [5.74, 6) is 0.678. The Labute approximate surface area is 136 Å². The molecule has 0 aliphatic heterocycles. The zero-order valence-corrected chi connectivity index (χ0v) is 12.6. The summed E-state index contributed by atoms with van der Waals surface area (Å²) in [5.41, 5.74) is 1.36. The van der Waals surface area contributed by atoms with Crippen LogP contribution < -0.4 is 10.6 Å². The highest BCUT2D eigenvalue weighted by Crippen LogP contribution is 2.16. The van der Waals surface area contributed by atoms with Crippen molar-refractivity contribution in [2.45, 2.75) is 6.54 Å². The van der Waals surface area contributed by atoms with Crippen LogP contribution in [-0.2, 0) is 6.54 Å². The van der Waals surface area contributed by atoms with Crippen LogP contribution >= 0.6 is 11.6 Å². The second-order valence-corrected chi connectivity index (χ2v) is 4.99. The van der Waals surface area contributed by atoms with Crippen LogP contribution in [0.2, 0.25) is 5.02 Å². The van der Waals surface area contributed by atoms with E-state index in [1.165, 1.54) is 0 Å². The van der Waals surface area contributed by atoms with Gasteiger partial charge in [0.1, 0.15) is 0 Å². The summed E-state index contributed by atoms with van der Waals surface area (Å²) >= 11 is 5.85. The van der Waals surface area contributed by atoms with E-state index < -0.39 is 6.03 Å². The molecule has 3 aromatic rings. The van der Waals surface area contributed by atoms with E-state index in [0.717, 1.165) is 5.56 Å². The number of hydrogen-bond donors (Lipinski definition) is 2. The van der Waals surface area contributed by atoms with Gasteiger partial charge in [-0.2, -0.15) is 0 Å². The van der Waals surface area contributed by atoms with Gasteiger partial charge in [0.25, 0.3) is 0 Å². The number of anilines is 1. The van der Waals surface area contributed by atoms with E-state index >= 15 is 0 Å². The molecule has 7 nitrogen and oxygen atoms in total. The van der Waals surface area contributed by atoms with Crippen molar-refractivity contribution in [3.8, 4) is 11.5 Å². The van der Waals surface area contributed by atoms with Gasteiger partial charge in [0.2, 0.25) is 11.8 Å². The smallest absolute Gasteiger partial charge is 0.319 e. The normalized spacial score (nSPS) is 10.3. The van der Waals surface area contributed by atoms with Gasteiger partial charge in [-0.25, -0.2) is 4.79 Å². The predicted octanol–water partition coefficient (Wildman–Crippen LogP) is 3.11. The number of benzene rings is 1. The largest absolute Gasteiger partial charge is 0.419 e. The van der Waals surface area contributed by atoms with Gasteiger partial charge in [0, 0.05) is 28.7 Å². The molecular formula is C15H12ClN5O2. The number of amides is 2. The van der Waals surface area contributed by atoms with E-state index in [4.69, 9.17) is 16.0 Å². The van der Waals surface area contributed by atoms with Crippen LogP contribution in [0.5, 0.6) is 0 Å². The van der Waals surface area contributed by atoms with Crippen molar-refractivity contribution in [2.24, 2.45) is 0 Å². The lowest BCUT2D eigenvalue weighted by atomic mass is 10.3. The van der Waals surface area contributed by atoms with Crippen molar-refractivity contribution in [1.82, 2.24) is 20.5 Å². The number of hydrogen-bond acceptors (Lipinski definition) is 5. The maximum Gasteiger partial charge on any atom is 0.319 e. The van der Waals surface area contributed by atoms with Gasteiger partial charge in [-0.15, -0.1) is 10.2 Å². The molecule has 2 amide bonds. The molecule has 1 aromatic carbocycles. The highest BCUT2D eigenvalue weighted by atomic mass is 35.5. The van der Waals surface area contributed by atoms with E-state index in [9.17, 15) is 4.79 Å². The Morgan fingerprint density at radius 1 is 1.17 bits per heavy atom. The lowest BCUT2D eigenvalue weighted by Crippen LogP contribution is -2.28. The van der Waals surface area contributed by atoms with Crippen molar-refractivity contribution >= 4 is 23.3 Å². The van der Waals surface area contributed by atoms with Crippen LogP contribution in [0.25, 0.3) is 11.5 Å². The van der Waals surface area contributed by atoms with E-state index in [1.54, 1.807) is 48.8 Å². The highest BCUT2D eigenvalue weighted by Gasteiger charge is 2.09. The van der Waals surface area contributed by atoms with Gasteiger partial charge >= 0.3 is 6.03 Å². The van der Waals surface area contributed by atoms with Gasteiger partial charge in [-0.1, -0.05) is 17.7 Å². The standard InChI is InChI=1S/C15H12ClN5O2/c16-11-2-1-3-12(8-11)19-15(22)18-9-13-20-21-14(23-13)10-4-6-17-7-5-10/h1-8H,9H2,(H2,18,19,22). The van der Waals surface area contributed by atoms with Crippen molar-refractivity contribution < 1.29 is 9.21 Å². The van der Waals surface area contributed by atoms with Crippen LogP contribution in [0.4, 0.5) is 10.5 Å². The number of carbonyl (C=O) groups excluding carboxylic acids is 1. The van der Waals surface area contributed by atoms with Gasteiger partial charge in [-0.05, 0) is 30.3 Å². The average molecular weight is 330 g/mol. The third-order valence-corrected chi connectivity index (χ3v) is 3.11. The van der Waals surface area contributed by atoms with E-state index in [2.05, 4.69) is 25.8 Å². The first-order valence-electron chi connectivity index (χ1n) is 6.74. The third-order valence-electron chi connectivity index (χ3n) is 2.88. The predicted molar refractivity (Wildman–Crippen MR) is 84.8 cm³/mol. The molecule has 116 valence electrons. The number of pyridine rings is 1. The molecule has 0 unspecified atom stereocenters. The Kier molecular flexibility index (Phi) is 4.49. The summed E-state index contributed by atoms with van der Waals surface area (Å²) in [5, 5.41) is 13.6. The van der Waals surface area contributed by atoms with E-state index in [-0.39, 0.29) is 6.54 Å². The molecule has 23 heavy (non-hydrogen) atoms. The zero-order chi connectivity index (χ0) is 16.1. The van der Waals surface area contributed by atoms with Crippen molar-refractivity contribution in [3.05, 3.63) is 59.7 Å². The average Bonchev–Trinajstić information content (AvgIpc) is 3.03. The Hall–Kier alpha value is -2.93. The minimum Gasteiger partial charge on any atom is -0.419 e. The van der Waals surface area contributed by atoms with Crippen LogP contribution in [0.15, 0.2) is 53.2 Å². The summed E-state index contributed by atoms with van der Waals surface area (Å²) in [6.07, 6.45) is 3.27. The fourth-order valence-corrected chi connectivity index (χ4v) is 2.02. The summed E-state index contributed by atoms with van der Waals surface area (Å²) < 4.78 is 5.48. The monoisotopic (exact) mass is 329 g/mol. The number of carbonyl (C=O) groups is 1. The number of rotatable bonds is 4. The Morgan fingerprint density at radius 3 is 2.78 bits per heavy atom. The molecule has 0 bridgehead atoms. The zero-order valence-electron chi connectivity index (χ0n) is 11.9. The fraction of sp³-hybridized carbons (Fsp3) is 0.0667. The van der Waals surface area contributed by atoms with Crippen LogP contribution in [0, 0.1) is 0 Å². The highest BCUT2D eigenvalue weighted by molar-refractivity contribution is 6.30. The molecule has 2 aromatic heterocycles. The topological polar surface area (TPSA) is 92.9 Å². The molecule has 0 atom stereocenters. The number of aromatic nitrogens is 3. The van der Waals surface area contributed by atoms with Crippen LogP contribution in [0.1, 0.15) is 5.89 Å². The van der Waals surface area contributed by atoms with Crippen molar-refractivity contribution in [2.75, 3.05) is 5.32 Å². The second-order valence-electron chi connectivity index (χ2n) is 4.55. The van der Waals surface area contributed by atoms with Crippen LogP contribution in [-0.4, -0.2) is 21.2 Å². The molecule has 0 fully saturated rings. The quantitative estimate of drug-likeness (QED) is 0.767. The molecule has 0 aliphatic carbocycles. The molecule has 0 saturated heterocycles. The minimum atomic E-state index is -0.393. The number of nitrogens with one attached hydrogen (secondary N) is 2. The first-order chi connectivity index (χ1) is 11.2. The van der Waals surface area contributed by atoms with Crippen molar-refractivity contribution in [1.29, 1.82) is 0 Å². The number of nitrogens with zero attached hydrogens (tertiary/aromatic N) is 3.